The molecule has 0 bridgehead atoms. The number of amides is 1. The maximum atomic E-state index is 12.5. The Morgan fingerprint density at radius 1 is 1.00 bits per heavy atom. The van der Waals surface area contributed by atoms with E-state index in [0.717, 1.165) is 26.8 Å². The summed E-state index contributed by atoms with van der Waals surface area (Å²) < 4.78 is 0. The van der Waals surface area contributed by atoms with Gasteiger partial charge in [0.2, 0.25) is 5.91 Å². The molecule has 0 unspecified atom stereocenters. The molecule has 128 valence electrons. The van der Waals surface area contributed by atoms with Gasteiger partial charge >= 0.3 is 0 Å². The molecule has 0 aliphatic carbocycles. The Balaban J connectivity index is 1.79. The first-order chi connectivity index (χ1) is 11.9. The number of anilines is 1. The van der Waals surface area contributed by atoms with Crippen LogP contribution in [0.2, 0.25) is 0 Å². The van der Waals surface area contributed by atoms with Crippen LogP contribution < -0.4 is 5.32 Å². The molecule has 0 fully saturated rings. The standard InChI is InChI=1S/C21H22N2OS/c1-13-5-8-17(9-6-13)21-19(25-16(4)22-21)12-20(24)23-18-10-7-14(2)15(3)11-18/h5-11H,12H2,1-4H3,(H,23,24). The van der Waals surface area contributed by atoms with E-state index in [4.69, 9.17) is 0 Å². The number of rotatable bonds is 4. The predicted molar refractivity (Wildman–Crippen MR) is 105 cm³/mol. The van der Waals surface area contributed by atoms with Crippen LogP contribution in [0.4, 0.5) is 5.69 Å². The van der Waals surface area contributed by atoms with E-state index in [1.165, 1.54) is 16.7 Å². The van der Waals surface area contributed by atoms with Crippen LogP contribution in [0.1, 0.15) is 26.6 Å². The van der Waals surface area contributed by atoms with Gasteiger partial charge in [-0.15, -0.1) is 11.3 Å². The van der Waals surface area contributed by atoms with Gasteiger partial charge < -0.3 is 5.32 Å². The lowest BCUT2D eigenvalue weighted by Gasteiger charge is -2.08. The molecule has 0 aliphatic heterocycles. The normalized spacial score (nSPS) is 10.7. The van der Waals surface area contributed by atoms with Crippen LogP contribution in [-0.4, -0.2) is 10.9 Å². The van der Waals surface area contributed by atoms with Crippen molar-refractivity contribution in [1.29, 1.82) is 0 Å². The number of hydrogen-bond donors (Lipinski definition) is 1. The first kappa shape index (κ1) is 17.4. The summed E-state index contributed by atoms with van der Waals surface area (Å²) in [6, 6.07) is 14.2. The van der Waals surface area contributed by atoms with Gasteiger partial charge in [-0.3, -0.25) is 4.79 Å². The molecule has 0 saturated carbocycles. The van der Waals surface area contributed by atoms with Crippen molar-refractivity contribution < 1.29 is 4.79 Å². The van der Waals surface area contributed by atoms with E-state index in [9.17, 15) is 4.79 Å². The maximum Gasteiger partial charge on any atom is 0.229 e. The van der Waals surface area contributed by atoms with Gasteiger partial charge in [-0.2, -0.15) is 0 Å². The van der Waals surface area contributed by atoms with E-state index in [1.807, 2.05) is 32.0 Å². The van der Waals surface area contributed by atoms with Crippen LogP contribution in [0.15, 0.2) is 42.5 Å². The average molecular weight is 350 g/mol. The Morgan fingerprint density at radius 2 is 1.72 bits per heavy atom. The summed E-state index contributed by atoms with van der Waals surface area (Å²) in [6.07, 6.45) is 0.335. The van der Waals surface area contributed by atoms with Gasteiger partial charge in [0.1, 0.15) is 0 Å². The van der Waals surface area contributed by atoms with Crippen molar-refractivity contribution in [3.63, 3.8) is 0 Å². The minimum Gasteiger partial charge on any atom is -0.326 e. The number of aromatic nitrogens is 1. The highest BCUT2D eigenvalue weighted by molar-refractivity contribution is 7.12. The Hall–Kier alpha value is -2.46. The monoisotopic (exact) mass is 350 g/mol. The molecule has 0 radical (unpaired) electrons. The molecule has 4 heteroatoms. The second-order valence-electron chi connectivity index (χ2n) is 6.39. The number of nitrogens with one attached hydrogen (secondary N) is 1. The molecule has 1 amide bonds. The molecule has 0 atom stereocenters. The summed E-state index contributed by atoms with van der Waals surface area (Å²) in [5.74, 6) is -0.0136. The Labute approximate surface area is 152 Å². The summed E-state index contributed by atoms with van der Waals surface area (Å²) in [5.41, 5.74) is 6.42. The number of hydrogen-bond acceptors (Lipinski definition) is 3. The summed E-state index contributed by atoms with van der Waals surface area (Å²) in [5, 5.41) is 3.97. The van der Waals surface area contributed by atoms with Crippen LogP contribution in [0.5, 0.6) is 0 Å². The van der Waals surface area contributed by atoms with Crippen LogP contribution in [0, 0.1) is 27.7 Å². The van der Waals surface area contributed by atoms with E-state index in [2.05, 4.69) is 48.4 Å². The molecule has 0 aliphatic rings. The second-order valence-corrected chi connectivity index (χ2v) is 7.68. The molecule has 1 heterocycles. The van der Waals surface area contributed by atoms with Crippen molar-refractivity contribution in [3.8, 4) is 11.3 Å². The molecule has 2 aromatic carbocycles. The van der Waals surface area contributed by atoms with Gasteiger partial charge in [0.25, 0.3) is 0 Å². The topological polar surface area (TPSA) is 42.0 Å². The van der Waals surface area contributed by atoms with Crippen molar-refractivity contribution in [2.75, 3.05) is 5.32 Å². The number of nitrogens with zero attached hydrogens (tertiary/aromatic N) is 1. The third kappa shape index (κ3) is 4.15. The maximum absolute atomic E-state index is 12.5. The lowest BCUT2D eigenvalue weighted by molar-refractivity contribution is -0.115. The minimum atomic E-state index is -0.0136. The lowest BCUT2D eigenvalue weighted by atomic mass is 10.1. The molecule has 1 aromatic heterocycles. The van der Waals surface area contributed by atoms with Gasteiger partial charge in [-0.05, 0) is 51.0 Å². The van der Waals surface area contributed by atoms with Gasteiger partial charge in [0, 0.05) is 16.1 Å². The van der Waals surface area contributed by atoms with E-state index in [0.29, 0.717) is 6.42 Å². The van der Waals surface area contributed by atoms with Crippen molar-refractivity contribution in [2.24, 2.45) is 0 Å². The summed E-state index contributed by atoms with van der Waals surface area (Å²) in [6.45, 7) is 8.16. The first-order valence-electron chi connectivity index (χ1n) is 8.33. The number of carbonyl (C=O) groups is 1. The highest BCUT2D eigenvalue weighted by Crippen LogP contribution is 2.29. The summed E-state index contributed by atoms with van der Waals surface area (Å²) in [4.78, 5) is 18.1. The fourth-order valence-electron chi connectivity index (χ4n) is 2.70. The quantitative estimate of drug-likeness (QED) is 0.700. The van der Waals surface area contributed by atoms with Crippen LogP contribution >= 0.6 is 11.3 Å². The van der Waals surface area contributed by atoms with Crippen LogP contribution in [-0.2, 0) is 11.2 Å². The Morgan fingerprint density at radius 3 is 2.40 bits per heavy atom. The molecule has 3 aromatic rings. The van der Waals surface area contributed by atoms with Gasteiger partial charge in [0.05, 0.1) is 17.1 Å². The van der Waals surface area contributed by atoms with E-state index >= 15 is 0 Å². The minimum absolute atomic E-state index is 0.0136. The van der Waals surface area contributed by atoms with Crippen molar-refractivity contribution in [2.45, 2.75) is 34.1 Å². The summed E-state index contributed by atoms with van der Waals surface area (Å²) in [7, 11) is 0. The SMILES string of the molecule is Cc1ccc(-c2nc(C)sc2CC(=O)Nc2ccc(C)c(C)c2)cc1. The smallest absolute Gasteiger partial charge is 0.229 e. The number of thiazole rings is 1. The molecular formula is C21H22N2OS. The van der Waals surface area contributed by atoms with Gasteiger partial charge in [-0.1, -0.05) is 35.9 Å². The summed E-state index contributed by atoms with van der Waals surface area (Å²) >= 11 is 1.59. The highest BCUT2D eigenvalue weighted by Gasteiger charge is 2.15. The third-order valence-corrected chi connectivity index (χ3v) is 5.21. The van der Waals surface area contributed by atoms with Crippen LogP contribution in [0.3, 0.4) is 0 Å². The van der Waals surface area contributed by atoms with Crippen LogP contribution in [0.25, 0.3) is 11.3 Å². The zero-order valence-corrected chi connectivity index (χ0v) is 15.8. The average Bonchev–Trinajstić information content (AvgIpc) is 2.92. The third-order valence-electron chi connectivity index (χ3n) is 4.24. The van der Waals surface area contributed by atoms with E-state index < -0.39 is 0 Å². The largest absolute Gasteiger partial charge is 0.326 e. The second kappa shape index (κ2) is 7.19. The lowest BCUT2D eigenvalue weighted by Crippen LogP contribution is -2.14. The van der Waals surface area contributed by atoms with E-state index in [1.54, 1.807) is 11.3 Å². The first-order valence-corrected chi connectivity index (χ1v) is 9.14. The number of benzene rings is 2. The molecule has 1 N–H and O–H groups in total. The molecule has 3 nitrogen and oxygen atoms in total. The Kier molecular flexibility index (Phi) is 5.00. The molecule has 0 spiro atoms. The van der Waals surface area contributed by atoms with Crippen molar-refractivity contribution in [3.05, 3.63) is 69.0 Å². The molecular weight excluding hydrogens is 328 g/mol. The van der Waals surface area contributed by atoms with Crippen molar-refractivity contribution >= 4 is 22.9 Å². The number of carbonyl (C=O) groups excluding carboxylic acids is 1. The highest BCUT2D eigenvalue weighted by atomic mass is 32.1. The van der Waals surface area contributed by atoms with E-state index in [-0.39, 0.29) is 5.91 Å². The zero-order valence-electron chi connectivity index (χ0n) is 15.0. The fourth-order valence-corrected chi connectivity index (χ4v) is 3.65. The van der Waals surface area contributed by atoms with Gasteiger partial charge in [0.15, 0.2) is 0 Å². The number of aryl methyl sites for hydroxylation is 4. The molecule has 3 rings (SSSR count). The Bertz CT molecular complexity index is 910. The van der Waals surface area contributed by atoms with Crippen molar-refractivity contribution in [1.82, 2.24) is 4.98 Å². The van der Waals surface area contributed by atoms with Gasteiger partial charge in [-0.25, -0.2) is 4.98 Å². The fraction of sp³-hybridized carbons (Fsp3) is 0.238. The predicted octanol–water partition coefficient (Wildman–Crippen LogP) is 5.22. The molecule has 0 saturated heterocycles. The zero-order chi connectivity index (χ0) is 18.0. The molecule has 25 heavy (non-hydrogen) atoms.